The van der Waals surface area contributed by atoms with Gasteiger partial charge in [-0.05, 0) is 52.0 Å². The van der Waals surface area contributed by atoms with Gasteiger partial charge in [0.05, 0.1) is 6.10 Å². The molecule has 32 heavy (non-hydrogen) atoms. The van der Waals surface area contributed by atoms with Crippen molar-refractivity contribution in [3.05, 3.63) is 107 Å². The maximum Gasteiger partial charge on any atom is 0.145 e. The molecule has 0 radical (unpaired) electrons. The summed E-state index contributed by atoms with van der Waals surface area (Å²) in [5.41, 5.74) is 5.49. The summed E-state index contributed by atoms with van der Waals surface area (Å²) >= 11 is 0. The normalized spacial score (nSPS) is 23.7. The summed E-state index contributed by atoms with van der Waals surface area (Å²) < 4.78 is 0. The second kappa shape index (κ2) is 13.6. The topological polar surface area (TPSA) is 37.3 Å². The SMILES string of the molecule is CC1=CC(O)CC(C)(C)C1/C=C/C(C)=C\C=C\C(C)=C\C=C/C=C(C)/C=C\C=C(\C)C=O. The molecule has 2 heteroatoms. The highest BCUT2D eigenvalue weighted by Crippen LogP contribution is 2.41. The van der Waals surface area contributed by atoms with Crippen LogP contribution in [0.15, 0.2) is 107 Å². The third kappa shape index (κ3) is 10.5. The van der Waals surface area contributed by atoms with E-state index in [1.165, 1.54) is 16.7 Å². The van der Waals surface area contributed by atoms with Crippen molar-refractivity contribution < 1.29 is 9.90 Å². The lowest BCUT2D eigenvalue weighted by Gasteiger charge is -2.38. The lowest BCUT2D eigenvalue weighted by Crippen LogP contribution is -2.32. The minimum Gasteiger partial charge on any atom is -0.389 e. The highest BCUT2D eigenvalue weighted by molar-refractivity contribution is 5.72. The Morgan fingerprint density at radius 1 is 0.844 bits per heavy atom. The molecule has 1 rings (SSSR count). The van der Waals surface area contributed by atoms with Crippen LogP contribution >= 0.6 is 0 Å². The summed E-state index contributed by atoms with van der Waals surface area (Å²) in [4.78, 5) is 10.6. The molecule has 0 aliphatic heterocycles. The van der Waals surface area contributed by atoms with E-state index in [-0.39, 0.29) is 11.5 Å². The molecule has 0 heterocycles. The van der Waals surface area contributed by atoms with Crippen LogP contribution in [0.3, 0.4) is 0 Å². The smallest absolute Gasteiger partial charge is 0.145 e. The Bertz CT molecular complexity index is 908. The standard InChI is InChI=1S/C30H40O2/c1-23(12-8-9-13-24(2)15-11-17-26(4)22-31)14-10-16-25(3)18-19-29-27(5)20-28(32)21-30(29,6)7/h8-20,22,28-29,32H,21H2,1-7H3/b9-8-,14-10+,15-11-,19-18+,23-12+,24-13+,25-16-,26-17-. The fourth-order valence-corrected chi connectivity index (χ4v) is 3.73. The van der Waals surface area contributed by atoms with E-state index in [1.807, 2.05) is 43.4 Å². The van der Waals surface area contributed by atoms with Gasteiger partial charge in [-0.25, -0.2) is 0 Å². The molecule has 2 unspecified atom stereocenters. The van der Waals surface area contributed by atoms with E-state index in [1.54, 1.807) is 13.0 Å². The van der Waals surface area contributed by atoms with Crippen LogP contribution in [0.4, 0.5) is 0 Å². The summed E-state index contributed by atoms with van der Waals surface area (Å²) in [6, 6.07) is 0. The zero-order chi connectivity index (χ0) is 24.1. The lowest BCUT2D eigenvalue weighted by atomic mass is 9.67. The summed E-state index contributed by atoms with van der Waals surface area (Å²) in [5, 5.41) is 9.99. The molecule has 0 aromatic rings. The minimum atomic E-state index is -0.330. The van der Waals surface area contributed by atoms with Crippen LogP contribution in [0.1, 0.15) is 54.9 Å². The Balaban J connectivity index is 2.66. The van der Waals surface area contributed by atoms with Gasteiger partial charge in [0.1, 0.15) is 6.29 Å². The molecule has 0 saturated heterocycles. The molecule has 2 nitrogen and oxygen atoms in total. The van der Waals surface area contributed by atoms with Crippen LogP contribution < -0.4 is 0 Å². The molecule has 0 spiro atoms. The number of aldehydes is 1. The van der Waals surface area contributed by atoms with Crippen LogP contribution in [-0.4, -0.2) is 17.5 Å². The highest BCUT2D eigenvalue weighted by Gasteiger charge is 2.34. The van der Waals surface area contributed by atoms with Crippen molar-refractivity contribution in [2.75, 3.05) is 0 Å². The average Bonchev–Trinajstić information content (AvgIpc) is 2.69. The van der Waals surface area contributed by atoms with Gasteiger partial charge in [0, 0.05) is 5.92 Å². The van der Waals surface area contributed by atoms with E-state index in [4.69, 9.17) is 0 Å². The average molecular weight is 433 g/mol. The van der Waals surface area contributed by atoms with Gasteiger partial charge in [0.25, 0.3) is 0 Å². The van der Waals surface area contributed by atoms with E-state index in [0.717, 1.165) is 18.3 Å². The van der Waals surface area contributed by atoms with Gasteiger partial charge < -0.3 is 5.11 Å². The number of hydrogen-bond donors (Lipinski definition) is 1. The molecule has 0 aromatic heterocycles. The Labute approximate surface area is 195 Å². The van der Waals surface area contributed by atoms with Crippen molar-refractivity contribution in [2.24, 2.45) is 11.3 Å². The number of aliphatic hydroxyl groups is 1. The van der Waals surface area contributed by atoms with Crippen molar-refractivity contribution >= 4 is 6.29 Å². The van der Waals surface area contributed by atoms with Gasteiger partial charge >= 0.3 is 0 Å². The number of aliphatic hydroxyl groups excluding tert-OH is 1. The summed E-state index contributed by atoms with van der Waals surface area (Å²) in [6.07, 6.45) is 27.8. The monoisotopic (exact) mass is 432 g/mol. The molecule has 0 saturated carbocycles. The summed E-state index contributed by atoms with van der Waals surface area (Å²) in [5.74, 6) is 0.349. The van der Waals surface area contributed by atoms with Gasteiger partial charge in [-0.2, -0.15) is 0 Å². The first-order valence-electron chi connectivity index (χ1n) is 11.3. The summed E-state index contributed by atoms with van der Waals surface area (Å²) in [7, 11) is 0. The third-order valence-electron chi connectivity index (χ3n) is 5.53. The van der Waals surface area contributed by atoms with Crippen LogP contribution in [-0.2, 0) is 4.79 Å². The lowest BCUT2D eigenvalue weighted by molar-refractivity contribution is -0.104. The van der Waals surface area contributed by atoms with Crippen molar-refractivity contribution in [3.8, 4) is 0 Å². The van der Waals surface area contributed by atoms with E-state index in [0.29, 0.717) is 11.5 Å². The second-order valence-electron chi connectivity index (χ2n) is 9.37. The Morgan fingerprint density at radius 3 is 1.81 bits per heavy atom. The number of carbonyl (C=O) groups is 1. The Hall–Kier alpha value is -2.71. The van der Waals surface area contributed by atoms with Gasteiger partial charge in [0.2, 0.25) is 0 Å². The van der Waals surface area contributed by atoms with Gasteiger partial charge in [-0.15, -0.1) is 0 Å². The van der Waals surface area contributed by atoms with E-state index in [2.05, 4.69) is 71.1 Å². The Kier molecular flexibility index (Phi) is 11.7. The van der Waals surface area contributed by atoms with Crippen molar-refractivity contribution in [2.45, 2.75) is 61.0 Å². The number of hydrogen-bond acceptors (Lipinski definition) is 2. The quantitative estimate of drug-likeness (QED) is 0.177. The molecule has 0 amide bonds. The van der Waals surface area contributed by atoms with Crippen molar-refractivity contribution in [3.63, 3.8) is 0 Å². The van der Waals surface area contributed by atoms with Crippen LogP contribution in [0.25, 0.3) is 0 Å². The van der Waals surface area contributed by atoms with Crippen LogP contribution in [0.2, 0.25) is 0 Å². The zero-order valence-corrected chi connectivity index (χ0v) is 20.8. The molecule has 172 valence electrons. The molecule has 1 N–H and O–H groups in total. The maximum atomic E-state index is 10.6. The first-order chi connectivity index (χ1) is 15.0. The predicted octanol–water partition coefficient (Wildman–Crippen LogP) is 7.55. The molecular formula is C30H40O2. The Morgan fingerprint density at radius 2 is 1.31 bits per heavy atom. The molecule has 0 fully saturated rings. The number of allylic oxidation sites excluding steroid dienone is 17. The fraction of sp³-hybridized carbons (Fsp3) is 0.367. The van der Waals surface area contributed by atoms with Gasteiger partial charge in [0.15, 0.2) is 0 Å². The zero-order valence-electron chi connectivity index (χ0n) is 20.8. The van der Waals surface area contributed by atoms with Crippen LogP contribution in [0.5, 0.6) is 0 Å². The molecule has 1 aliphatic carbocycles. The van der Waals surface area contributed by atoms with Gasteiger partial charge in [-0.1, -0.05) is 115 Å². The molecule has 0 bridgehead atoms. The van der Waals surface area contributed by atoms with Crippen molar-refractivity contribution in [1.29, 1.82) is 0 Å². The predicted molar refractivity (Wildman–Crippen MR) is 139 cm³/mol. The molecule has 0 aromatic carbocycles. The van der Waals surface area contributed by atoms with E-state index >= 15 is 0 Å². The number of carbonyl (C=O) groups excluding carboxylic acids is 1. The highest BCUT2D eigenvalue weighted by atomic mass is 16.3. The van der Waals surface area contributed by atoms with E-state index < -0.39 is 0 Å². The first-order valence-corrected chi connectivity index (χ1v) is 11.3. The fourth-order valence-electron chi connectivity index (χ4n) is 3.73. The minimum absolute atomic E-state index is 0.0598. The molecule has 2 atom stereocenters. The van der Waals surface area contributed by atoms with E-state index in [9.17, 15) is 9.90 Å². The summed E-state index contributed by atoms with van der Waals surface area (Å²) in [6.45, 7) is 14.5. The van der Waals surface area contributed by atoms with Crippen LogP contribution in [0, 0.1) is 11.3 Å². The molecular weight excluding hydrogens is 392 g/mol. The first kappa shape index (κ1) is 27.3. The molecule has 1 aliphatic rings. The van der Waals surface area contributed by atoms with Crippen molar-refractivity contribution in [1.82, 2.24) is 0 Å². The second-order valence-corrected chi connectivity index (χ2v) is 9.37. The number of rotatable bonds is 9. The largest absolute Gasteiger partial charge is 0.389 e. The maximum absolute atomic E-state index is 10.6. The third-order valence-corrected chi connectivity index (χ3v) is 5.53. The van der Waals surface area contributed by atoms with Gasteiger partial charge in [-0.3, -0.25) is 4.79 Å².